The molecule has 1 aromatic rings. The SMILES string of the molecule is COCCOc1cc(C)ccc1NC(=O)CC1CCCCC1N.Cl. The second-order valence-corrected chi connectivity index (χ2v) is 6.30. The van der Waals surface area contributed by atoms with E-state index in [1.165, 1.54) is 12.8 Å². The number of hydrogen-bond acceptors (Lipinski definition) is 4. The maximum absolute atomic E-state index is 12.3. The molecule has 1 aliphatic rings. The van der Waals surface area contributed by atoms with Crippen molar-refractivity contribution in [3.8, 4) is 5.75 Å². The highest BCUT2D eigenvalue weighted by molar-refractivity contribution is 5.92. The molecule has 1 aromatic carbocycles. The Kier molecular flexibility index (Phi) is 9.11. The first-order valence-electron chi connectivity index (χ1n) is 8.38. The van der Waals surface area contributed by atoms with Crippen LogP contribution in [0.3, 0.4) is 0 Å². The third-order valence-electron chi connectivity index (χ3n) is 4.37. The van der Waals surface area contributed by atoms with Gasteiger partial charge in [0, 0.05) is 19.6 Å². The first kappa shape index (κ1) is 20.7. The highest BCUT2D eigenvalue weighted by Gasteiger charge is 2.24. The summed E-state index contributed by atoms with van der Waals surface area (Å²) in [6.45, 7) is 2.96. The van der Waals surface area contributed by atoms with Crippen molar-refractivity contribution in [2.24, 2.45) is 11.7 Å². The lowest BCUT2D eigenvalue weighted by molar-refractivity contribution is -0.117. The number of benzene rings is 1. The van der Waals surface area contributed by atoms with E-state index in [0.717, 1.165) is 18.4 Å². The number of nitrogens with one attached hydrogen (secondary N) is 1. The lowest BCUT2D eigenvalue weighted by atomic mass is 9.83. The number of nitrogens with two attached hydrogens (primary N) is 1. The molecule has 0 saturated heterocycles. The number of aryl methyl sites for hydroxylation is 1. The maximum Gasteiger partial charge on any atom is 0.224 e. The molecule has 0 spiro atoms. The maximum atomic E-state index is 12.3. The van der Waals surface area contributed by atoms with E-state index >= 15 is 0 Å². The van der Waals surface area contributed by atoms with Gasteiger partial charge < -0.3 is 20.5 Å². The fraction of sp³-hybridized carbons (Fsp3) is 0.611. The summed E-state index contributed by atoms with van der Waals surface area (Å²) >= 11 is 0. The molecule has 136 valence electrons. The summed E-state index contributed by atoms with van der Waals surface area (Å²) in [5.74, 6) is 0.975. The molecule has 0 aromatic heterocycles. The van der Waals surface area contributed by atoms with Gasteiger partial charge in [-0.15, -0.1) is 12.4 Å². The number of halogens is 1. The van der Waals surface area contributed by atoms with E-state index < -0.39 is 0 Å². The fourth-order valence-corrected chi connectivity index (χ4v) is 3.02. The van der Waals surface area contributed by atoms with Crippen molar-refractivity contribution >= 4 is 24.0 Å². The Balaban J connectivity index is 0.00000288. The lowest BCUT2D eigenvalue weighted by Crippen LogP contribution is -2.35. The lowest BCUT2D eigenvalue weighted by Gasteiger charge is -2.28. The van der Waals surface area contributed by atoms with E-state index in [9.17, 15) is 4.79 Å². The zero-order valence-electron chi connectivity index (χ0n) is 14.5. The standard InChI is InChI=1S/C18H28N2O3.ClH/c1-13-7-8-16(17(11-13)23-10-9-22-2)20-18(21)12-14-5-3-4-6-15(14)19;/h7-8,11,14-15H,3-6,9-10,12,19H2,1-2H3,(H,20,21);1H. The topological polar surface area (TPSA) is 73.6 Å². The number of rotatable bonds is 7. The molecule has 0 heterocycles. The molecule has 1 aliphatic carbocycles. The predicted molar refractivity (Wildman–Crippen MR) is 99.0 cm³/mol. The van der Waals surface area contributed by atoms with Gasteiger partial charge in [0.25, 0.3) is 0 Å². The van der Waals surface area contributed by atoms with Crippen LogP contribution in [0, 0.1) is 12.8 Å². The smallest absolute Gasteiger partial charge is 0.224 e. The van der Waals surface area contributed by atoms with Gasteiger partial charge in [0.1, 0.15) is 12.4 Å². The van der Waals surface area contributed by atoms with Gasteiger partial charge in [-0.2, -0.15) is 0 Å². The third-order valence-corrected chi connectivity index (χ3v) is 4.37. The van der Waals surface area contributed by atoms with E-state index in [4.69, 9.17) is 15.2 Å². The molecule has 1 fully saturated rings. The average Bonchev–Trinajstić information content (AvgIpc) is 2.52. The molecule has 1 saturated carbocycles. The minimum atomic E-state index is 0. The van der Waals surface area contributed by atoms with E-state index in [-0.39, 0.29) is 30.3 Å². The van der Waals surface area contributed by atoms with Crippen LogP contribution in [0.4, 0.5) is 5.69 Å². The molecular formula is C18H29ClN2O3. The Morgan fingerprint density at radius 1 is 1.29 bits per heavy atom. The van der Waals surface area contributed by atoms with Crippen LogP contribution in [-0.2, 0) is 9.53 Å². The van der Waals surface area contributed by atoms with Gasteiger partial charge in [0.05, 0.1) is 12.3 Å². The summed E-state index contributed by atoms with van der Waals surface area (Å²) < 4.78 is 10.7. The number of hydrogen-bond donors (Lipinski definition) is 2. The Morgan fingerprint density at radius 3 is 2.75 bits per heavy atom. The average molecular weight is 357 g/mol. The van der Waals surface area contributed by atoms with Crippen LogP contribution in [0.15, 0.2) is 18.2 Å². The van der Waals surface area contributed by atoms with Crippen molar-refractivity contribution in [2.45, 2.75) is 45.1 Å². The van der Waals surface area contributed by atoms with E-state index in [2.05, 4.69) is 5.32 Å². The zero-order valence-corrected chi connectivity index (χ0v) is 15.4. The van der Waals surface area contributed by atoms with Gasteiger partial charge in [-0.3, -0.25) is 4.79 Å². The molecular weight excluding hydrogens is 328 g/mol. The molecule has 24 heavy (non-hydrogen) atoms. The molecule has 3 N–H and O–H groups in total. The van der Waals surface area contributed by atoms with Crippen LogP contribution in [0.2, 0.25) is 0 Å². The van der Waals surface area contributed by atoms with Crippen molar-refractivity contribution in [2.75, 3.05) is 25.6 Å². The Hall–Kier alpha value is -1.30. The van der Waals surface area contributed by atoms with Crippen molar-refractivity contribution in [3.63, 3.8) is 0 Å². The first-order chi connectivity index (χ1) is 11.1. The summed E-state index contributed by atoms with van der Waals surface area (Å²) in [4.78, 5) is 12.3. The van der Waals surface area contributed by atoms with E-state index in [0.29, 0.717) is 31.1 Å². The predicted octanol–water partition coefficient (Wildman–Crippen LogP) is 3.29. The Labute approximate surface area is 150 Å². The number of methoxy groups -OCH3 is 1. The fourth-order valence-electron chi connectivity index (χ4n) is 3.02. The molecule has 0 radical (unpaired) electrons. The zero-order chi connectivity index (χ0) is 16.7. The number of carbonyl (C=O) groups is 1. The first-order valence-corrected chi connectivity index (χ1v) is 8.38. The molecule has 6 heteroatoms. The summed E-state index contributed by atoms with van der Waals surface area (Å²) in [6.07, 6.45) is 4.89. The van der Waals surface area contributed by atoms with Gasteiger partial charge in [-0.05, 0) is 43.4 Å². The van der Waals surface area contributed by atoms with Crippen LogP contribution in [0.1, 0.15) is 37.7 Å². The second kappa shape index (κ2) is 10.5. The van der Waals surface area contributed by atoms with E-state index in [1.807, 2.05) is 25.1 Å². The van der Waals surface area contributed by atoms with Crippen molar-refractivity contribution in [1.29, 1.82) is 0 Å². The van der Waals surface area contributed by atoms with Crippen molar-refractivity contribution in [1.82, 2.24) is 0 Å². The summed E-state index contributed by atoms with van der Waals surface area (Å²) in [5.41, 5.74) is 7.93. The minimum Gasteiger partial charge on any atom is -0.489 e. The largest absolute Gasteiger partial charge is 0.489 e. The highest BCUT2D eigenvalue weighted by Crippen LogP contribution is 2.28. The monoisotopic (exact) mass is 356 g/mol. The molecule has 1 amide bonds. The summed E-state index contributed by atoms with van der Waals surface area (Å²) in [6, 6.07) is 5.92. The summed E-state index contributed by atoms with van der Waals surface area (Å²) in [5, 5.41) is 2.97. The van der Waals surface area contributed by atoms with Gasteiger partial charge in [0.2, 0.25) is 5.91 Å². The number of ether oxygens (including phenoxy) is 2. The molecule has 2 rings (SSSR count). The van der Waals surface area contributed by atoms with Crippen LogP contribution >= 0.6 is 12.4 Å². The third kappa shape index (κ3) is 6.30. The van der Waals surface area contributed by atoms with Crippen LogP contribution < -0.4 is 15.8 Å². The number of amides is 1. The Morgan fingerprint density at radius 2 is 2.04 bits per heavy atom. The van der Waals surface area contributed by atoms with E-state index in [1.54, 1.807) is 7.11 Å². The van der Waals surface area contributed by atoms with Crippen molar-refractivity contribution < 1.29 is 14.3 Å². The number of carbonyl (C=O) groups excluding carboxylic acids is 1. The van der Waals surface area contributed by atoms with Gasteiger partial charge >= 0.3 is 0 Å². The van der Waals surface area contributed by atoms with Crippen molar-refractivity contribution in [3.05, 3.63) is 23.8 Å². The molecule has 5 nitrogen and oxygen atoms in total. The second-order valence-electron chi connectivity index (χ2n) is 6.30. The van der Waals surface area contributed by atoms with Gasteiger partial charge in [0.15, 0.2) is 0 Å². The summed E-state index contributed by atoms with van der Waals surface area (Å²) in [7, 11) is 1.63. The quantitative estimate of drug-likeness (QED) is 0.735. The molecule has 0 aliphatic heterocycles. The molecule has 2 atom stereocenters. The molecule has 2 unspecified atom stereocenters. The highest BCUT2D eigenvalue weighted by atomic mass is 35.5. The van der Waals surface area contributed by atoms with Crippen LogP contribution in [0.5, 0.6) is 5.75 Å². The van der Waals surface area contributed by atoms with Crippen LogP contribution in [0.25, 0.3) is 0 Å². The van der Waals surface area contributed by atoms with Gasteiger partial charge in [-0.1, -0.05) is 18.9 Å². The minimum absolute atomic E-state index is 0. The Bertz CT molecular complexity index is 525. The number of anilines is 1. The normalized spacial score (nSPS) is 20.1. The van der Waals surface area contributed by atoms with Crippen LogP contribution in [-0.4, -0.2) is 32.3 Å². The molecule has 0 bridgehead atoms. The van der Waals surface area contributed by atoms with Gasteiger partial charge in [-0.25, -0.2) is 0 Å².